The number of rotatable bonds is 5. The van der Waals surface area contributed by atoms with Gasteiger partial charge in [0, 0.05) is 10.0 Å². The van der Waals surface area contributed by atoms with E-state index < -0.39 is 0 Å². The molecule has 3 nitrogen and oxygen atoms in total. The molecule has 4 heteroatoms. The predicted molar refractivity (Wildman–Crippen MR) is 88.5 cm³/mol. The van der Waals surface area contributed by atoms with E-state index in [0.717, 1.165) is 33.9 Å². The second-order valence-electron chi connectivity index (χ2n) is 6.17. The summed E-state index contributed by atoms with van der Waals surface area (Å²) in [6.45, 7) is 9.59. The molecule has 1 aromatic carbocycles. The lowest BCUT2D eigenvalue weighted by molar-refractivity contribution is 0.261. The molecule has 0 saturated heterocycles. The van der Waals surface area contributed by atoms with Crippen LogP contribution in [0.5, 0.6) is 5.75 Å². The molecular formula is C17H22BrNO2. The van der Waals surface area contributed by atoms with Crippen LogP contribution in [-0.2, 0) is 13.2 Å². The largest absolute Gasteiger partial charge is 0.485 e. The molecule has 1 heterocycles. The van der Waals surface area contributed by atoms with Crippen molar-refractivity contribution in [3.05, 3.63) is 51.9 Å². The Balaban J connectivity index is 1.92. The van der Waals surface area contributed by atoms with Crippen LogP contribution in [0.3, 0.4) is 0 Å². The monoisotopic (exact) mass is 351 g/mol. The highest BCUT2D eigenvalue weighted by Crippen LogP contribution is 2.24. The Bertz CT molecular complexity index is 599. The average molecular weight is 352 g/mol. The first-order valence-electron chi connectivity index (χ1n) is 7.05. The van der Waals surface area contributed by atoms with E-state index in [-0.39, 0.29) is 5.54 Å². The second-order valence-corrected chi connectivity index (χ2v) is 7.09. The maximum Gasteiger partial charge on any atom is 0.146 e. The van der Waals surface area contributed by atoms with E-state index in [4.69, 9.17) is 9.15 Å². The van der Waals surface area contributed by atoms with E-state index in [1.54, 1.807) is 0 Å². The van der Waals surface area contributed by atoms with Gasteiger partial charge in [0.25, 0.3) is 0 Å². The highest BCUT2D eigenvalue weighted by molar-refractivity contribution is 9.10. The van der Waals surface area contributed by atoms with Gasteiger partial charge in [-0.2, -0.15) is 0 Å². The molecular weight excluding hydrogens is 330 g/mol. The van der Waals surface area contributed by atoms with Gasteiger partial charge >= 0.3 is 0 Å². The van der Waals surface area contributed by atoms with Crippen LogP contribution in [0, 0.1) is 6.92 Å². The lowest BCUT2D eigenvalue weighted by Gasteiger charge is -2.19. The molecule has 114 valence electrons. The zero-order chi connectivity index (χ0) is 15.5. The van der Waals surface area contributed by atoms with Gasteiger partial charge in [0.15, 0.2) is 0 Å². The van der Waals surface area contributed by atoms with Gasteiger partial charge in [-0.1, -0.05) is 22.0 Å². The Hall–Kier alpha value is -1.26. The van der Waals surface area contributed by atoms with Gasteiger partial charge in [-0.25, -0.2) is 0 Å². The summed E-state index contributed by atoms with van der Waals surface area (Å²) in [5.41, 5.74) is 1.19. The fourth-order valence-corrected chi connectivity index (χ4v) is 2.17. The van der Waals surface area contributed by atoms with Crippen molar-refractivity contribution < 1.29 is 9.15 Å². The van der Waals surface area contributed by atoms with Gasteiger partial charge in [-0.05, 0) is 57.5 Å². The number of hydrogen-bond acceptors (Lipinski definition) is 3. The second kappa shape index (κ2) is 6.67. The maximum atomic E-state index is 5.82. The Morgan fingerprint density at radius 2 is 1.86 bits per heavy atom. The van der Waals surface area contributed by atoms with Crippen LogP contribution in [0.2, 0.25) is 0 Å². The molecule has 0 atom stereocenters. The number of ether oxygens (including phenoxy) is 1. The molecule has 0 aliphatic heterocycles. The van der Waals surface area contributed by atoms with Crippen LogP contribution in [0.4, 0.5) is 0 Å². The lowest BCUT2D eigenvalue weighted by atomic mass is 10.1. The Morgan fingerprint density at radius 1 is 1.14 bits per heavy atom. The van der Waals surface area contributed by atoms with Crippen molar-refractivity contribution >= 4 is 15.9 Å². The third-order valence-electron chi connectivity index (χ3n) is 3.03. The first-order chi connectivity index (χ1) is 9.83. The van der Waals surface area contributed by atoms with Gasteiger partial charge in [-0.15, -0.1) is 0 Å². The number of furan rings is 1. The van der Waals surface area contributed by atoms with E-state index in [0.29, 0.717) is 6.61 Å². The summed E-state index contributed by atoms with van der Waals surface area (Å²) in [5, 5.41) is 3.40. The summed E-state index contributed by atoms with van der Waals surface area (Å²) < 4.78 is 12.6. The predicted octanol–water partition coefficient (Wildman–Crippen LogP) is 4.82. The minimum atomic E-state index is 0.0802. The first-order valence-corrected chi connectivity index (χ1v) is 7.84. The summed E-state index contributed by atoms with van der Waals surface area (Å²) in [6, 6.07) is 9.96. The lowest BCUT2D eigenvalue weighted by Crippen LogP contribution is -2.34. The van der Waals surface area contributed by atoms with Gasteiger partial charge in [-0.3, -0.25) is 0 Å². The number of hydrogen-bond donors (Lipinski definition) is 1. The molecule has 0 spiro atoms. The van der Waals surface area contributed by atoms with Crippen molar-refractivity contribution in [2.75, 3.05) is 0 Å². The summed E-state index contributed by atoms with van der Waals surface area (Å²) in [5.74, 6) is 2.63. The van der Waals surface area contributed by atoms with E-state index in [1.807, 2.05) is 37.3 Å². The highest BCUT2D eigenvalue weighted by Gasteiger charge is 2.10. The number of aryl methyl sites for hydroxylation is 1. The van der Waals surface area contributed by atoms with Gasteiger partial charge < -0.3 is 14.5 Å². The number of halogens is 1. The molecule has 0 saturated carbocycles. The van der Waals surface area contributed by atoms with Gasteiger partial charge in [0.1, 0.15) is 23.9 Å². The molecule has 0 aliphatic carbocycles. The van der Waals surface area contributed by atoms with E-state index >= 15 is 0 Å². The highest BCUT2D eigenvalue weighted by atomic mass is 79.9. The standard InChI is InChI=1S/C17H22BrNO2/c1-12-5-6-13(18)9-16(12)20-11-15-8-7-14(21-15)10-19-17(2,3)4/h5-9,19H,10-11H2,1-4H3. The number of benzene rings is 1. The van der Waals surface area contributed by atoms with Gasteiger partial charge in [0.2, 0.25) is 0 Å². The summed E-state index contributed by atoms with van der Waals surface area (Å²) in [4.78, 5) is 0. The molecule has 2 rings (SSSR count). The minimum Gasteiger partial charge on any atom is -0.485 e. The molecule has 1 N–H and O–H groups in total. The minimum absolute atomic E-state index is 0.0802. The SMILES string of the molecule is Cc1ccc(Br)cc1OCc1ccc(CNC(C)(C)C)o1. The number of nitrogens with one attached hydrogen (secondary N) is 1. The quantitative estimate of drug-likeness (QED) is 0.838. The Kier molecular flexibility index (Phi) is 5.12. The van der Waals surface area contributed by atoms with Crippen LogP contribution in [0.25, 0.3) is 0 Å². The topological polar surface area (TPSA) is 34.4 Å². The zero-order valence-corrected chi connectivity index (χ0v) is 14.6. The molecule has 1 aromatic heterocycles. The Labute approximate surface area is 134 Å². The van der Waals surface area contributed by atoms with Crippen LogP contribution in [0.1, 0.15) is 37.9 Å². The fraction of sp³-hybridized carbons (Fsp3) is 0.412. The molecule has 0 radical (unpaired) electrons. The fourth-order valence-electron chi connectivity index (χ4n) is 1.83. The van der Waals surface area contributed by atoms with Crippen molar-refractivity contribution in [1.29, 1.82) is 0 Å². The van der Waals surface area contributed by atoms with Crippen molar-refractivity contribution in [3.8, 4) is 5.75 Å². The van der Waals surface area contributed by atoms with Crippen LogP contribution in [-0.4, -0.2) is 5.54 Å². The van der Waals surface area contributed by atoms with E-state index in [9.17, 15) is 0 Å². The molecule has 21 heavy (non-hydrogen) atoms. The van der Waals surface area contributed by atoms with E-state index in [2.05, 4.69) is 42.0 Å². The normalized spacial score (nSPS) is 11.7. The summed E-state index contributed by atoms with van der Waals surface area (Å²) >= 11 is 3.45. The molecule has 0 unspecified atom stereocenters. The molecule has 0 bridgehead atoms. The van der Waals surface area contributed by atoms with Crippen molar-refractivity contribution in [1.82, 2.24) is 5.32 Å². The summed E-state index contributed by atoms with van der Waals surface area (Å²) in [6.07, 6.45) is 0. The van der Waals surface area contributed by atoms with Crippen LogP contribution >= 0.6 is 15.9 Å². The smallest absolute Gasteiger partial charge is 0.146 e. The van der Waals surface area contributed by atoms with Crippen LogP contribution in [0.15, 0.2) is 39.2 Å². The molecule has 0 aliphatic rings. The van der Waals surface area contributed by atoms with E-state index in [1.165, 1.54) is 0 Å². The third-order valence-corrected chi connectivity index (χ3v) is 3.52. The van der Waals surface area contributed by atoms with Crippen LogP contribution < -0.4 is 10.1 Å². The van der Waals surface area contributed by atoms with Crippen molar-refractivity contribution in [2.24, 2.45) is 0 Å². The average Bonchev–Trinajstić information content (AvgIpc) is 2.85. The van der Waals surface area contributed by atoms with Gasteiger partial charge in [0.05, 0.1) is 6.54 Å². The molecule has 0 amide bonds. The Morgan fingerprint density at radius 3 is 2.57 bits per heavy atom. The maximum absolute atomic E-state index is 5.82. The summed E-state index contributed by atoms with van der Waals surface area (Å²) in [7, 11) is 0. The molecule has 0 fully saturated rings. The first kappa shape index (κ1) is 16.1. The van der Waals surface area contributed by atoms with Crippen molar-refractivity contribution in [2.45, 2.75) is 46.4 Å². The molecule has 2 aromatic rings. The third kappa shape index (κ3) is 5.21. The zero-order valence-electron chi connectivity index (χ0n) is 13.0. The van der Waals surface area contributed by atoms with Crippen molar-refractivity contribution in [3.63, 3.8) is 0 Å².